The molecule has 2 aromatic heterocycles. The van der Waals surface area contributed by atoms with E-state index in [1.54, 1.807) is 27.7 Å². The molecular formula is C13H18N6O3S. The number of nitrogens with one attached hydrogen (secondary N) is 1. The van der Waals surface area contributed by atoms with E-state index in [2.05, 4.69) is 20.4 Å². The smallest absolute Gasteiger partial charge is 0.408 e. The van der Waals surface area contributed by atoms with E-state index in [-0.39, 0.29) is 0 Å². The summed E-state index contributed by atoms with van der Waals surface area (Å²) in [6, 6.07) is -0.465. The molecule has 10 heteroatoms. The van der Waals surface area contributed by atoms with E-state index in [4.69, 9.17) is 10.5 Å². The summed E-state index contributed by atoms with van der Waals surface area (Å²) in [5.41, 5.74) is 4.62. The number of amides is 2. The number of ether oxygens (including phenoxy) is 1. The van der Waals surface area contributed by atoms with Crippen molar-refractivity contribution in [1.29, 1.82) is 0 Å². The van der Waals surface area contributed by atoms with Crippen molar-refractivity contribution in [2.45, 2.75) is 39.3 Å². The van der Waals surface area contributed by atoms with Gasteiger partial charge in [0.05, 0.1) is 12.2 Å². The molecule has 0 aliphatic carbocycles. The minimum absolute atomic E-state index is 0.314. The number of nitrogens with zero attached hydrogens (tertiary/aromatic N) is 4. The number of carbonyl (C=O) groups excluding carboxylic acids is 2. The molecule has 0 unspecified atom stereocenters. The second kappa shape index (κ2) is 6.32. The molecule has 0 fully saturated rings. The molecular weight excluding hydrogens is 320 g/mol. The summed E-state index contributed by atoms with van der Waals surface area (Å²) in [4.78, 5) is 31.5. The molecule has 124 valence electrons. The number of aromatic nitrogens is 4. The van der Waals surface area contributed by atoms with Crippen molar-refractivity contribution in [2.24, 2.45) is 5.73 Å². The molecule has 0 saturated carbocycles. The third-order valence-electron chi connectivity index (χ3n) is 2.61. The Morgan fingerprint density at radius 1 is 1.39 bits per heavy atom. The third-order valence-corrected chi connectivity index (χ3v) is 3.60. The van der Waals surface area contributed by atoms with Crippen molar-refractivity contribution in [3.05, 3.63) is 23.2 Å². The Labute approximate surface area is 136 Å². The molecule has 0 saturated heterocycles. The fraction of sp³-hybridized carbons (Fsp3) is 0.462. The maximum Gasteiger partial charge on any atom is 0.408 e. The van der Waals surface area contributed by atoms with E-state index in [1.807, 2.05) is 0 Å². The van der Waals surface area contributed by atoms with Crippen molar-refractivity contribution in [1.82, 2.24) is 25.1 Å². The van der Waals surface area contributed by atoms with Crippen molar-refractivity contribution >= 4 is 23.3 Å². The lowest BCUT2D eigenvalue weighted by molar-refractivity contribution is 0.0505. The average molecular weight is 338 g/mol. The summed E-state index contributed by atoms with van der Waals surface area (Å²) in [6.07, 6.45) is 2.16. The molecule has 0 aliphatic heterocycles. The van der Waals surface area contributed by atoms with Gasteiger partial charge in [0.2, 0.25) is 5.13 Å². The first-order chi connectivity index (χ1) is 10.7. The predicted molar refractivity (Wildman–Crippen MR) is 83.3 cm³/mol. The van der Waals surface area contributed by atoms with E-state index >= 15 is 0 Å². The van der Waals surface area contributed by atoms with Crippen LogP contribution in [0.5, 0.6) is 0 Å². The van der Waals surface area contributed by atoms with Crippen LogP contribution < -0.4 is 11.1 Å². The number of carbonyl (C=O) groups is 2. The number of nitrogens with two attached hydrogens (primary N) is 1. The zero-order chi connectivity index (χ0) is 17.2. The molecule has 0 aromatic carbocycles. The second-order valence-corrected chi connectivity index (χ2v) is 6.78. The second-order valence-electron chi connectivity index (χ2n) is 5.77. The van der Waals surface area contributed by atoms with Crippen LogP contribution in [0.1, 0.15) is 49.2 Å². The number of thiazole rings is 1. The van der Waals surface area contributed by atoms with Crippen molar-refractivity contribution in [3.8, 4) is 5.13 Å². The largest absolute Gasteiger partial charge is 0.444 e. The predicted octanol–water partition coefficient (Wildman–Crippen LogP) is 1.41. The number of primary amides is 1. The van der Waals surface area contributed by atoms with Crippen LogP contribution in [-0.4, -0.2) is 37.3 Å². The number of rotatable bonds is 4. The van der Waals surface area contributed by atoms with Gasteiger partial charge in [-0.05, 0) is 27.7 Å². The maximum atomic E-state index is 11.8. The molecule has 9 nitrogen and oxygen atoms in total. The van der Waals surface area contributed by atoms with Crippen LogP contribution >= 0.6 is 11.3 Å². The van der Waals surface area contributed by atoms with Crippen LogP contribution in [0.2, 0.25) is 0 Å². The Morgan fingerprint density at radius 3 is 2.65 bits per heavy atom. The molecule has 0 aliphatic rings. The van der Waals surface area contributed by atoms with E-state index in [1.165, 1.54) is 17.2 Å². The molecule has 2 amide bonds. The minimum Gasteiger partial charge on any atom is -0.444 e. The zero-order valence-corrected chi connectivity index (χ0v) is 14.0. The number of hydrogen-bond donors (Lipinski definition) is 2. The van der Waals surface area contributed by atoms with Crippen LogP contribution in [0.15, 0.2) is 12.5 Å². The summed E-state index contributed by atoms with van der Waals surface area (Å²) in [5, 5.41) is 7.18. The zero-order valence-electron chi connectivity index (χ0n) is 13.2. The first-order valence-corrected chi connectivity index (χ1v) is 7.64. The Morgan fingerprint density at radius 2 is 2.09 bits per heavy atom. The van der Waals surface area contributed by atoms with Gasteiger partial charge < -0.3 is 15.8 Å². The van der Waals surface area contributed by atoms with Crippen LogP contribution in [0, 0.1) is 0 Å². The van der Waals surface area contributed by atoms with E-state index < -0.39 is 23.6 Å². The standard InChI is InChI=1S/C13H18N6O3S/c1-7(18-12(21)22-13(2,3)4)10-16-6-17-19(10)11-15-5-8(23-11)9(14)20/h5-7H,1-4H3,(H2,14,20)(H,18,21)/t7-/m0/s1. The molecule has 2 aromatic rings. The fourth-order valence-corrected chi connectivity index (χ4v) is 2.45. The highest BCUT2D eigenvalue weighted by Gasteiger charge is 2.22. The number of alkyl carbamates (subject to hydrolysis) is 1. The monoisotopic (exact) mass is 338 g/mol. The van der Waals surface area contributed by atoms with Gasteiger partial charge in [0.15, 0.2) is 5.82 Å². The van der Waals surface area contributed by atoms with Gasteiger partial charge in [-0.15, -0.1) is 0 Å². The summed E-state index contributed by atoms with van der Waals surface area (Å²) in [5.74, 6) is -0.100. The topological polar surface area (TPSA) is 125 Å². The molecule has 2 heterocycles. The molecule has 3 N–H and O–H groups in total. The lowest BCUT2D eigenvalue weighted by Crippen LogP contribution is -2.34. The van der Waals surface area contributed by atoms with Gasteiger partial charge in [-0.2, -0.15) is 9.78 Å². The highest BCUT2D eigenvalue weighted by molar-refractivity contribution is 7.16. The van der Waals surface area contributed by atoms with Crippen molar-refractivity contribution in [2.75, 3.05) is 0 Å². The SMILES string of the molecule is C[C@H](NC(=O)OC(C)(C)C)c1ncnn1-c1ncc(C(N)=O)s1. The molecule has 1 atom stereocenters. The van der Waals surface area contributed by atoms with Crippen molar-refractivity contribution in [3.63, 3.8) is 0 Å². The average Bonchev–Trinajstić information content (AvgIpc) is 3.05. The first-order valence-electron chi connectivity index (χ1n) is 6.83. The van der Waals surface area contributed by atoms with Gasteiger partial charge in [-0.1, -0.05) is 11.3 Å². The Hall–Kier alpha value is -2.49. The van der Waals surface area contributed by atoms with E-state index in [0.717, 1.165) is 11.3 Å². The summed E-state index contributed by atoms with van der Waals surface area (Å²) in [6.45, 7) is 7.08. The number of hydrogen-bond acceptors (Lipinski definition) is 7. The molecule has 0 radical (unpaired) electrons. The van der Waals surface area contributed by atoms with Gasteiger partial charge >= 0.3 is 6.09 Å². The van der Waals surface area contributed by atoms with Gasteiger partial charge in [0, 0.05) is 0 Å². The fourth-order valence-electron chi connectivity index (χ4n) is 1.72. The van der Waals surface area contributed by atoms with Crippen LogP contribution in [0.25, 0.3) is 5.13 Å². The van der Waals surface area contributed by atoms with Gasteiger partial charge in [0.1, 0.15) is 16.8 Å². The maximum absolute atomic E-state index is 11.8. The Bertz CT molecular complexity index is 717. The van der Waals surface area contributed by atoms with Gasteiger partial charge in [0.25, 0.3) is 5.91 Å². The van der Waals surface area contributed by atoms with Crippen LogP contribution in [0.3, 0.4) is 0 Å². The molecule has 23 heavy (non-hydrogen) atoms. The summed E-state index contributed by atoms with van der Waals surface area (Å²) >= 11 is 1.09. The van der Waals surface area contributed by atoms with Crippen molar-refractivity contribution < 1.29 is 14.3 Å². The highest BCUT2D eigenvalue weighted by Crippen LogP contribution is 2.20. The van der Waals surface area contributed by atoms with Crippen LogP contribution in [0.4, 0.5) is 4.79 Å². The molecule has 2 rings (SSSR count). The Balaban J connectivity index is 2.16. The van der Waals surface area contributed by atoms with E-state index in [9.17, 15) is 9.59 Å². The lowest BCUT2D eigenvalue weighted by Gasteiger charge is -2.21. The highest BCUT2D eigenvalue weighted by atomic mass is 32.1. The van der Waals surface area contributed by atoms with Gasteiger partial charge in [-0.25, -0.2) is 14.8 Å². The normalized spacial score (nSPS) is 12.7. The molecule has 0 bridgehead atoms. The quantitative estimate of drug-likeness (QED) is 0.868. The van der Waals surface area contributed by atoms with E-state index in [0.29, 0.717) is 15.8 Å². The summed E-state index contributed by atoms with van der Waals surface area (Å²) < 4.78 is 6.65. The summed E-state index contributed by atoms with van der Waals surface area (Å²) in [7, 11) is 0. The Kier molecular flexibility index (Phi) is 4.64. The minimum atomic E-state index is -0.594. The van der Waals surface area contributed by atoms with Gasteiger partial charge in [-0.3, -0.25) is 4.79 Å². The third kappa shape index (κ3) is 4.25. The molecule has 0 spiro atoms. The van der Waals surface area contributed by atoms with Crippen LogP contribution in [-0.2, 0) is 4.74 Å². The first kappa shape index (κ1) is 16.9. The lowest BCUT2D eigenvalue weighted by atomic mass is 10.2.